The van der Waals surface area contributed by atoms with Gasteiger partial charge in [0.2, 0.25) is 0 Å². The molecule has 1 N–H and O–H groups in total. The molecule has 0 saturated heterocycles. The molecule has 0 amide bonds. The van der Waals surface area contributed by atoms with Crippen molar-refractivity contribution in [2.45, 2.75) is 25.9 Å². The van der Waals surface area contributed by atoms with Crippen molar-refractivity contribution in [1.82, 2.24) is 0 Å². The molecule has 0 bridgehead atoms. The number of hydrogen-bond acceptors (Lipinski definition) is 2. The minimum atomic E-state index is -4.51. The van der Waals surface area contributed by atoms with Crippen LogP contribution in [-0.2, 0) is 6.18 Å². The Kier molecular flexibility index (Phi) is 4.66. The molecule has 0 aromatic heterocycles. The summed E-state index contributed by atoms with van der Waals surface area (Å²) in [6, 6.07) is 3.77. The molecule has 1 saturated carbocycles. The third kappa shape index (κ3) is 3.19. The number of halogens is 3. The standard InChI is InChI=1S/C17H19F3O2/c1-10(12-7-8-12)13(9-21)11(2)16-14(17(18,19)20)5-4-6-15(16)22-3/h4-6,12,21H,2,7-9H2,1,3H3/b13-10+. The Labute approximate surface area is 127 Å². The van der Waals surface area contributed by atoms with Gasteiger partial charge in [0.05, 0.1) is 19.3 Å². The van der Waals surface area contributed by atoms with E-state index in [1.165, 1.54) is 19.2 Å². The van der Waals surface area contributed by atoms with Gasteiger partial charge in [-0.2, -0.15) is 13.2 Å². The summed E-state index contributed by atoms with van der Waals surface area (Å²) in [5.74, 6) is 0.442. The maximum absolute atomic E-state index is 13.3. The highest BCUT2D eigenvalue weighted by Crippen LogP contribution is 2.44. The lowest BCUT2D eigenvalue weighted by Crippen LogP contribution is -2.11. The van der Waals surface area contributed by atoms with Gasteiger partial charge < -0.3 is 9.84 Å². The second-order valence-electron chi connectivity index (χ2n) is 5.45. The molecule has 1 aromatic carbocycles. The summed E-state index contributed by atoms with van der Waals surface area (Å²) in [6.07, 6.45) is -2.51. The number of hydrogen-bond donors (Lipinski definition) is 1. The molecule has 1 aromatic rings. The van der Waals surface area contributed by atoms with E-state index in [1.807, 2.05) is 6.92 Å². The van der Waals surface area contributed by atoms with Crippen molar-refractivity contribution in [3.63, 3.8) is 0 Å². The molecular formula is C17H19F3O2. The van der Waals surface area contributed by atoms with E-state index in [0.29, 0.717) is 11.5 Å². The van der Waals surface area contributed by atoms with Crippen molar-refractivity contribution in [2.75, 3.05) is 13.7 Å². The summed E-state index contributed by atoms with van der Waals surface area (Å²) in [4.78, 5) is 0. The van der Waals surface area contributed by atoms with E-state index in [4.69, 9.17) is 4.74 Å². The summed E-state index contributed by atoms with van der Waals surface area (Å²) in [6.45, 7) is 5.32. The highest BCUT2D eigenvalue weighted by atomic mass is 19.4. The fourth-order valence-corrected chi connectivity index (χ4v) is 2.62. The highest BCUT2D eigenvalue weighted by Gasteiger charge is 2.36. The summed E-state index contributed by atoms with van der Waals surface area (Å²) in [7, 11) is 1.32. The zero-order chi connectivity index (χ0) is 16.5. The van der Waals surface area contributed by atoms with Gasteiger partial charge in [0, 0.05) is 5.56 Å². The average molecular weight is 312 g/mol. The smallest absolute Gasteiger partial charge is 0.417 e. The number of aliphatic hydroxyl groups excluding tert-OH is 1. The topological polar surface area (TPSA) is 29.5 Å². The molecule has 22 heavy (non-hydrogen) atoms. The number of benzene rings is 1. The number of rotatable bonds is 5. The summed E-state index contributed by atoms with van der Waals surface area (Å²) < 4.78 is 45.0. The molecule has 2 nitrogen and oxygen atoms in total. The van der Waals surface area contributed by atoms with Crippen LogP contribution < -0.4 is 4.74 Å². The summed E-state index contributed by atoms with van der Waals surface area (Å²) in [5.41, 5.74) is 0.661. The first-order valence-electron chi connectivity index (χ1n) is 7.05. The van der Waals surface area contributed by atoms with Gasteiger partial charge in [-0.25, -0.2) is 0 Å². The zero-order valence-corrected chi connectivity index (χ0v) is 12.6. The van der Waals surface area contributed by atoms with Crippen LogP contribution in [0.15, 0.2) is 35.9 Å². The quantitative estimate of drug-likeness (QED) is 0.814. The van der Waals surface area contributed by atoms with E-state index in [9.17, 15) is 18.3 Å². The molecule has 5 heteroatoms. The van der Waals surface area contributed by atoms with Crippen molar-refractivity contribution in [1.29, 1.82) is 0 Å². The molecule has 0 unspecified atom stereocenters. The summed E-state index contributed by atoms with van der Waals surface area (Å²) in [5, 5.41) is 9.62. The molecule has 0 atom stereocenters. The minimum Gasteiger partial charge on any atom is -0.496 e. The van der Waals surface area contributed by atoms with Crippen LogP contribution >= 0.6 is 0 Å². The Morgan fingerprint density at radius 1 is 1.36 bits per heavy atom. The predicted molar refractivity (Wildman–Crippen MR) is 79.5 cm³/mol. The molecule has 0 aliphatic heterocycles. The third-order valence-electron chi connectivity index (χ3n) is 4.04. The largest absolute Gasteiger partial charge is 0.496 e. The van der Waals surface area contributed by atoms with Crippen molar-refractivity contribution in [3.8, 4) is 5.75 Å². The van der Waals surface area contributed by atoms with Gasteiger partial charge >= 0.3 is 6.18 Å². The SMILES string of the molecule is C=C(/C(CO)=C(\C)C1CC1)c1c(OC)cccc1C(F)(F)F. The highest BCUT2D eigenvalue weighted by molar-refractivity contribution is 5.83. The van der Waals surface area contributed by atoms with Gasteiger partial charge in [-0.1, -0.05) is 18.2 Å². The van der Waals surface area contributed by atoms with Crippen molar-refractivity contribution in [3.05, 3.63) is 47.1 Å². The Bertz CT molecular complexity index is 611. The lowest BCUT2D eigenvalue weighted by atomic mass is 9.90. The van der Waals surface area contributed by atoms with Crippen molar-refractivity contribution < 1.29 is 23.0 Å². The fourth-order valence-electron chi connectivity index (χ4n) is 2.62. The van der Waals surface area contributed by atoms with E-state index in [2.05, 4.69) is 6.58 Å². The van der Waals surface area contributed by atoms with Crippen molar-refractivity contribution >= 4 is 5.57 Å². The second-order valence-corrected chi connectivity index (χ2v) is 5.45. The molecule has 1 aliphatic carbocycles. The van der Waals surface area contributed by atoms with Gasteiger partial charge in [-0.3, -0.25) is 0 Å². The number of aliphatic hydroxyl groups is 1. The molecule has 120 valence electrons. The molecule has 0 heterocycles. The lowest BCUT2D eigenvalue weighted by molar-refractivity contribution is -0.137. The monoisotopic (exact) mass is 312 g/mol. The van der Waals surface area contributed by atoms with Crippen LogP contribution in [0.2, 0.25) is 0 Å². The third-order valence-corrected chi connectivity index (χ3v) is 4.04. The molecule has 0 radical (unpaired) electrons. The van der Waals surface area contributed by atoms with Crippen LogP contribution in [0.4, 0.5) is 13.2 Å². The number of ether oxygens (including phenoxy) is 1. The normalized spacial score (nSPS) is 16.3. The van der Waals surface area contributed by atoms with Crippen LogP contribution in [0.1, 0.15) is 30.9 Å². The second kappa shape index (κ2) is 6.16. The predicted octanol–water partition coefficient (Wildman–Crippen LogP) is 4.45. The van der Waals surface area contributed by atoms with Crippen LogP contribution in [0.25, 0.3) is 5.57 Å². The fraction of sp³-hybridized carbons (Fsp3) is 0.412. The Hall–Kier alpha value is -1.75. The maximum atomic E-state index is 13.3. The number of allylic oxidation sites excluding steroid dienone is 1. The van der Waals surface area contributed by atoms with Gasteiger partial charge in [-0.15, -0.1) is 0 Å². The molecule has 2 rings (SSSR count). The summed E-state index contributed by atoms with van der Waals surface area (Å²) >= 11 is 0. The van der Waals surface area contributed by atoms with E-state index in [0.717, 1.165) is 24.5 Å². The van der Waals surface area contributed by atoms with E-state index in [1.54, 1.807) is 0 Å². The zero-order valence-electron chi connectivity index (χ0n) is 12.6. The van der Waals surface area contributed by atoms with Crippen molar-refractivity contribution in [2.24, 2.45) is 5.92 Å². The first kappa shape index (κ1) is 16.6. The molecular weight excluding hydrogens is 293 g/mol. The average Bonchev–Trinajstić information content (AvgIpc) is 3.30. The molecule has 1 fully saturated rings. The maximum Gasteiger partial charge on any atom is 0.417 e. The first-order chi connectivity index (χ1) is 10.3. The van der Waals surface area contributed by atoms with Gasteiger partial charge in [-0.05, 0) is 49.0 Å². The Morgan fingerprint density at radius 2 is 2.00 bits per heavy atom. The molecule has 1 aliphatic rings. The van der Waals surface area contributed by atoms with E-state index in [-0.39, 0.29) is 23.5 Å². The van der Waals surface area contributed by atoms with Crippen LogP contribution in [0.5, 0.6) is 5.75 Å². The molecule has 0 spiro atoms. The van der Waals surface area contributed by atoms with E-state index < -0.39 is 11.7 Å². The first-order valence-corrected chi connectivity index (χ1v) is 7.05. The Balaban J connectivity index is 2.59. The van der Waals surface area contributed by atoms with Gasteiger partial charge in [0.25, 0.3) is 0 Å². The van der Waals surface area contributed by atoms with Gasteiger partial charge in [0.15, 0.2) is 0 Å². The van der Waals surface area contributed by atoms with Gasteiger partial charge in [0.1, 0.15) is 5.75 Å². The minimum absolute atomic E-state index is 0.0958. The van der Waals surface area contributed by atoms with Crippen LogP contribution in [-0.4, -0.2) is 18.8 Å². The lowest BCUT2D eigenvalue weighted by Gasteiger charge is -2.20. The van der Waals surface area contributed by atoms with Crippen LogP contribution in [0.3, 0.4) is 0 Å². The number of alkyl halides is 3. The Morgan fingerprint density at radius 3 is 2.45 bits per heavy atom. The van der Waals surface area contributed by atoms with Crippen LogP contribution in [0, 0.1) is 5.92 Å². The number of methoxy groups -OCH3 is 1. The van der Waals surface area contributed by atoms with E-state index >= 15 is 0 Å².